The molecule has 0 amide bonds. The number of aryl methyl sites for hydroxylation is 1. The number of nitrogens with one attached hydrogen (secondary N) is 1. The predicted molar refractivity (Wildman–Crippen MR) is 48.0 cm³/mol. The molecule has 2 rings (SSSR count). The Labute approximate surface area is 74.4 Å². The van der Waals surface area contributed by atoms with Crippen LogP contribution in [0.3, 0.4) is 0 Å². The van der Waals surface area contributed by atoms with E-state index in [-0.39, 0.29) is 5.56 Å². The fourth-order valence-electron chi connectivity index (χ4n) is 1.57. The average Bonchev–Trinajstić information content (AvgIpc) is 2.49. The molecule has 0 aliphatic heterocycles. The molecular weight excluding hydrogens is 172 g/mol. The standard InChI is InChI=1S/C10H9F2N/c1-6-3-2-4-8-9(6)7(5-13-8)10(11)12/h2-5,10,13H,1H3. The molecule has 1 aromatic heterocycles. The second-order valence-electron chi connectivity index (χ2n) is 3.04. The van der Waals surface area contributed by atoms with Gasteiger partial charge in [-0.05, 0) is 18.6 Å². The molecule has 1 N–H and O–H groups in total. The summed E-state index contributed by atoms with van der Waals surface area (Å²) in [5, 5.41) is 0.650. The molecule has 0 saturated carbocycles. The second kappa shape index (κ2) is 2.83. The van der Waals surface area contributed by atoms with Gasteiger partial charge in [-0.15, -0.1) is 0 Å². The minimum absolute atomic E-state index is 0.0908. The van der Waals surface area contributed by atoms with Gasteiger partial charge < -0.3 is 4.98 Å². The number of fused-ring (bicyclic) bond motifs is 1. The van der Waals surface area contributed by atoms with Gasteiger partial charge in [-0.1, -0.05) is 12.1 Å². The van der Waals surface area contributed by atoms with E-state index in [0.29, 0.717) is 5.39 Å². The average molecular weight is 181 g/mol. The number of rotatable bonds is 1. The van der Waals surface area contributed by atoms with Crippen molar-refractivity contribution in [1.82, 2.24) is 4.98 Å². The van der Waals surface area contributed by atoms with Crippen LogP contribution in [-0.4, -0.2) is 4.98 Å². The molecule has 0 bridgehead atoms. The second-order valence-corrected chi connectivity index (χ2v) is 3.04. The molecule has 0 aliphatic rings. The monoisotopic (exact) mass is 181 g/mol. The zero-order valence-corrected chi connectivity index (χ0v) is 7.14. The molecule has 1 nitrogen and oxygen atoms in total. The van der Waals surface area contributed by atoms with E-state index in [2.05, 4.69) is 4.98 Å². The van der Waals surface area contributed by atoms with Gasteiger partial charge in [0.25, 0.3) is 6.43 Å². The summed E-state index contributed by atoms with van der Waals surface area (Å²) < 4.78 is 25.0. The van der Waals surface area contributed by atoms with Gasteiger partial charge in [0.05, 0.1) is 0 Å². The third kappa shape index (κ3) is 1.20. The zero-order chi connectivity index (χ0) is 9.42. The first-order chi connectivity index (χ1) is 6.20. The van der Waals surface area contributed by atoms with Crippen molar-refractivity contribution in [2.24, 2.45) is 0 Å². The lowest BCUT2D eigenvalue weighted by atomic mass is 10.1. The first-order valence-electron chi connectivity index (χ1n) is 4.05. The van der Waals surface area contributed by atoms with Crippen molar-refractivity contribution in [3.63, 3.8) is 0 Å². The van der Waals surface area contributed by atoms with Crippen LogP contribution >= 0.6 is 0 Å². The van der Waals surface area contributed by atoms with Crippen molar-refractivity contribution in [3.8, 4) is 0 Å². The summed E-state index contributed by atoms with van der Waals surface area (Å²) in [6.07, 6.45) is -1.03. The molecule has 0 radical (unpaired) electrons. The Kier molecular flexibility index (Phi) is 1.79. The number of hydrogen-bond acceptors (Lipinski definition) is 0. The maximum Gasteiger partial charge on any atom is 0.265 e. The van der Waals surface area contributed by atoms with Gasteiger partial charge in [-0.3, -0.25) is 0 Å². The van der Waals surface area contributed by atoms with E-state index in [1.165, 1.54) is 6.20 Å². The molecule has 2 aromatic rings. The summed E-state index contributed by atoms with van der Waals surface area (Å²) in [6.45, 7) is 1.84. The fraction of sp³-hybridized carbons (Fsp3) is 0.200. The molecule has 1 heterocycles. The Balaban J connectivity index is 2.79. The van der Waals surface area contributed by atoms with Crippen molar-refractivity contribution in [3.05, 3.63) is 35.5 Å². The first kappa shape index (κ1) is 8.23. The smallest absolute Gasteiger partial charge is 0.265 e. The Hall–Kier alpha value is -1.38. The van der Waals surface area contributed by atoms with Crippen molar-refractivity contribution < 1.29 is 8.78 Å². The molecule has 68 valence electrons. The maximum absolute atomic E-state index is 12.5. The van der Waals surface area contributed by atoms with E-state index in [9.17, 15) is 8.78 Å². The lowest BCUT2D eigenvalue weighted by Crippen LogP contribution is -1.82. The van der Waals surface area contributed by atoms with Crippen LogP contribution in [0.25, 0.3) is 10.9 Å². The Morgan fingerprint density at radius 2 is 2.08 bits per heavy atom. The summed E-state index contributed by atoms with van der Waals surface area (Å²) in [5.41, 5.74) is 1.75. The minimum Gasteiger partial charge on any atom is -0.361 e. The largest absolute Gasteiger partial charge is 0.361 e. The highest BCUT2D eigenvalue weighted by Crippen LogP contribution is 2.29. The number of H-pyrrole nitrogens is 1. The molecule has 0 aliphatic carbocycles. The molecule has 1 aromatic carbocycles. The van der Waals surface area contributed by atoms with Gasteiger partial charge >= 0.3 is 0 Å². The molecular formula is C10H9F2N. The predicted octanol–water partition coefficient (Wildman–Crippen LogP) is 3.41. The van der Waals surface area contributed by atoms with E-state index in [1.54, 1.807) is 6.07 Å². The van der Waals surface area contributed by atoms with Crippen LogP contribution in [0.1, 0.15) is 17.6 Å². The van der Waals surface area contributed by atoms with Crippen molar-refractivity contribution >= 4 is 10.9 Å². The van der Waals surface area contributed by atoms with Crippen LogP contribution < -0.4 is 0 Å². The van der Waals surface area contributed by atoms with Gasteiger partial charge in [0.15, 0.2) is 0 Å². The quantitative estimate of drug-likeness (QED) is 0.693. The van der Waals surface area contributed by atoms with Crippen molar-refractivity contribution in [2.75, 3.05) is 0 Å². The summed E-state index contributed by atoms with van der Waals surface area (Å²) in [6, 6.07) is 5.49. The lowest BCUT2D eigenvalue weighted by molar-refractivity contribution is 0.153. The van der Waals surface area contributed by atoms with Crippen LogP contribution in [-0.2, 0) is 0 Å². The molecule has 0 atom stereocenters. The third-order valence-corrected chi connectivity index (χ3v) is 2.18. The molecule has 0 fully saturated rings. The number of aromatic amines is 1. The van der Waals surface area contributed by atoms with Crippen LogP contribution in [0.4, 0.5) is 8.78 Å². The molecule has 0 unspecified atom stereocenters. The van der Waals surface area contributed by atoms with Gasteiger partial charge in [0.2, 0.25) is 0 Å². The number of halogens is 2. The zero-order valence-electron chi connectivity index (χ0n) is 7.14. The van der Waals surface area contributed by atoms with E-state index in [4.69, 9.17) is 0 Å². The van der Waals surface area contributed by atoms with Crippen LogP contribution in [0.5, 0.6) is 0 Å². The van der Waals surface area contributed by atoms with E-state index >= 15 is 0 Å². The minimum atomic E-state index is -2.41. The van der Waals surface area contributed by atoms with Crippen LogP contribution in [0, 0.1) is 6.92 Å². The van der Waals surface area contributed by atoms with E-state index in [1.807, 2.05) is 19.1 Å². The summed E-state index contributed by atoms with van der Waals surface area (Å²) in [7, 11) is 0. The van der Waals surface area contributed by atoms with Crippen molar-refractivity contribution in [2.45, 2.75) is 13.3 Å². The van der Waals surface area contributed by atoms with Gasteiger partial charge in [-0.25, -0.2) is 8.78 Å². The lowest BCUT2D eigenvalue weighted by Gasteiger charge is -1.99. The topological polar surface area (TPSA) is 15.8 Å². The van der Waals surface area contributed by atoms with Gasteiger partial charge in [0, 0.05) is 22.7 Å². The Morgan fingerprint density at radius 1 is 1.31 bits per heavy atom. The SMILES string of the molecule is Cc1cccc2[nH]cc(C(F)F)c12. The number of aromatic nitrogens is 1. The number of benzene rings is 1. The highest BCUT2D eigenvalue weighted by Gasteiger charge is 2.13. The highest BCUT2D eigenvalue weighted by atomic mass is 19.3. The summed E-state index contributed by atoms with van der Waals surface area (Å²) >= 11 is 0. The molecule has 0 spiro atoms. The van der Waals surface area contributed by atoms with Crippen LogP contribution in [0.2, 0.25) is 0 Å². The normalized spacial score (nSPS) is 11.4. The first-order valence-corrected chi connectivity index (χ1v) is 4.05. The molecule has 0 saturated heterocycles. The molecule has 3 heteroatoms. The highest BCUT2D eigenvalue weighted by molar-refractivity contribution is 5.86. The van der Waals surface area contributed by atoms with Gasteiger partial charge in [0.1, 0.15) is 0 Å². The Bertz CT molecular complexity index is 431. The molecule has 13 heavy (non-hydrogen) atoms. The van der Waals surface area contributed by atoms with E-state index in [0.717, 1.165) is 11.1 Å². The van der Waals surface area contributed by atoms with Crippen molar-refractivity contribution in [1.29, 1.82) is 0 Å². The summed E-state index contributed by atoms with van der Waals surface area (Å²) in [5.74, 6) is 0. The summed E-state index contributed by atoms with van der Waals surface area (Å²) in [4.78, 5) is 2.83. The third-order valence-electron chi connectivity index (χ3n) is 2.18. The van der Waals surface area contributed by atoms with Crippen LogP contribution in [0.15, 0.2) is 24.4 Å². The Morgan fingerprint density at radius 3 is 2.77 bits per heavy atom. The number of hydrogen-bond donors (Lipinski definition) is 1. The van der Waals surface area contributed by atoms with E-state index < -0.39 is 6.43 Å². The van der Waals surface area contributed by atoms with Gasteiger partial charge in [-0.2, -0.15) is 0 Å². The maximum atomic E-state index is 12.5. The number of alkyl halides is 2. The fourth-order valence-corrected chi connectivity index (χ4v) is 1.57.